The van der Waals surface area contributed by atoms with Gasteiger partial charge < -0.3 is 10.8 Å². The molecule has 1 aromatic rings. The zero-order valence-electron chi connectivity index (χ0n) is 7.79. The Morgan fingerprint density at radius 1 is 1.46 bits per heavy atom. The minimum Gasteiger partial charge on any atom is -0.391 e. The highest BCUT2D eigenvalue weighted by Gasteiger charge is 2.12. The minimum absolute atomic E-state index is 0.282. The van der Waals surface area contributed by atoms with E-state index in [-0.39, 0.29) is 6.04 Å². The van der Waals surface area contributed by atoms with Crippen molar-refractivity contribution >= 4 is 22.6 Å². The maximum atomic E-state index is 9.31. The van der Waals surface area contributed by atoms with Gasteiger partial charge in [-0.2, -0.15) is 0 Å². The SMILES string of the molecule is Cc1cc([C@@H](N)[C@H](C)O)ccc1I. The van der Waals surface area contributed by atoms with Crippen molar-refractivity contribution in [3.63, 3.8) is 0 Å². The van der Waals surface area contributed by atoms with Crippen molar-refractivity contribution in [3.8, 4) is 0 Å². The van der Waals surface area contributed by atoms with E-state index in [2.05, 4.69) is 22.6 Å². The quantitative estimate of drug-likeness (QED) is 0.818. The summed E-state index contributed by atoms with van der Waals surface area (Å²) in [4.78, 5) is 0. The molecule has 0 amide bonds. The molecule has 0 radical (unpaired) electrons. The summed E-state index contributed by atoms with van der Waals surface area (Å²) in [5, 5.41) is 9.31. The van der Waals surface area contributed by atoms with Crippen molar-refractivity contribution in [2.75, 3.05) is 0 Å². The van der Waals surface area contributed by atoms with Gasteiger partial charge in [0.1, 0.15) is 0 Å². The van der Waals surface area contributed by atoms with Gasteiger partial charge in [0.2, 0.25) is 0 Å². The molecule has 3 heteroatoms. The standard InChI is InChI=1S/C10H14INO/c1-6-5-8(3-4-9(6)11)10(12)7(2)13/h3-5,7,10,13H,12H2,1-2H3/t7-,10-/m0/s1. The van der Waals surface area contributed by atoms with E-state index < -0.39 is 6.10 Å². The van der Waals surface area contributed by atoms with Crippen molar-refractivity contribution in [1.29, 1.82) is 0 Å². The van der Waals surface area contributed by atoms with Gasteiger partial charge in [-0.25, -0.2) is 0 Å². The summed E-state index contributed by atoms with van der Waals surface area (Å²) in [6.07, 6.45) is -0.500. The molecule has 3 N–H and O–H groups in total. The predicted octanol–water partition coefficient (Wildman–Crippen LogP) is 1.98. The smallest absolute Gasteiger partial charge is 0.0704 e. The van der Waals surface area contributed by atoms with Crippen LogP contribution >= 0.6 is 22.6 Å². The highest BCUT2D eigenvalue weighted by molar-refractivity contribution is 14.1. The number of aryl methyl sites for hydroxylation is 1. The second-order valence-electron chi connectivity index (χ2n) is 3.28. The first-order valence-corrected chi connectivity index (χ1v) is 5.30. The van der Waals surface area contributed by atoms with Gasteiger partial charge >= 0.3 is 0 Å². The number of aliphatic hydroxyl groups excluding tert-OH is 1. The Hall–Kier alpha value is -0.130. The molecule has 0 aromatic heterocycles. The molecule has 0 aliphatic carbocycles. The van der Waals surface area contributed by atoms with Gasteiger partial charge in [0.25, 0.3) is 0 Å². The Morgan fingerprint density at radius 2 is 2.08 bits per heavy atom. The second-order valence-corrected chi connectivity index (χ2v) is 4.44. The monoisotopic (exact) mass is 291 g/mol. The van der Waals surface area contributed by atoms with Gasteiger partial charge in [0.05, 0.1) is 12.1 Å². The molecule has 0 heterocycles. The van der Waals surface area contributed by atoms with Crippen LogP contribution in [0.25, 0.3) is 0 Å². The lowest BCUT2D eigenvalue weighted by molar-refractivity contribution is 0.164. The van der Waals surface area contributed by atoms with Crippen molar-refractivity contribution in [1.82, 2.24) is 0 Å². The summed E-state index contributed by atoms with van der Waals surface area (Å²) in [6, 6.07) is 5.73. The zero-order chi connectivity index (χ0) is 10.0. The molecule has 2 nitrogen and oxygen atoms in total. The van der Waals surface area contributed by atoms with Crippen LogP contribution < -0.4 is 5.73 Å². The average Bonchev–Trinajstić information content (AvgIpc) is 2.08. The first-order valence-electron chi connectivity index (χ1n) is 4.22. The fourth-order valence-electron chi connectivity index (χ4n) is 1.15. The van der Waals surface area contributed by atoms with E-state index in [4.69, 9.17) is 5.73 Å². The Bertz CT molecular complexity index is 299. The number of rotatable bonds is 2. The maximum Gasteiger partial charge on any atom is 0.0704 e. The Balaban J connectivity index is 2.97. The molecule has 1 aromatic carbocycles. The van der Waals surface area contributed by atoms with Gasteiger partial charge in [0.15, 0.2) is 0 Å². The highest BCUT2D eigenvalue weighted by atomic mass is 127. The number of hydrogen-bond donors (Lipinski definition) is 2. The molecule has 72 valence electrons. The fraction of sp³-hybridized carbons (Fsp3) is 0.400. The third-order valence-electron chi connectivity index (χ3n) is 2.09. The normalized spacial score (nSPS) is 15.5. The number of nitrogens with two attached hydrogens (primary N) is 1. The summed E-state index contributed by atoms with van der Waals surface area (Å²) in [5.74, 6) is 0. The summed E-state index contributed by atoms with van der Waals surface area (Å²) in [7, 11) is 0. The average molecular weight is 291 g/mol. The predicted molar refractivity (Wildman–Crippen MR) is 62.5 cm³/mol. The fourth-order valence-corrected chi connectivity index (χ4v) is 1.49. The van der Waals surface area contributed by atoms with E-state index in [1.165, 1.54) is 9.13 Å². The molecule has 0 fully saturated rings. The van der Waals surface area contributed by atoms with Crippen LogP contribution in [0.4, 0.5) is 0 Å². The molecule has 13 heavy (non-hydrogen) atoms. The lowest BCUT2D eigenvalue weighted by Gasteiger charge is -2.15. The highest BCUT2D eigenvalue weighted by Crippen LogP contribution is 2.19. The lowest BCUT2D eigenvalue weighted by Crippen LogP contribution is -2.23. The van der Waals surface area contributed by atoms with Crippen LogP contribution in [0.1, 0.15) is 24.1 Å². The zero-order valence-corrected chi connectivity index (χ0v) is 9.95. The van der Waals surface area contributed by atoms with E-state index >= 15 is 0 Å². The summed E-state index contributed by atoms with van der Waals surface area (Å²) in [6.45, 7) is 3.75. The molecule has 0 bridgehead atoms. The first kappa shape index (κ1) is 10.9. The largest absolute Gasteiger partial charge is 0.391 e. The van der Waals surface area contributed by atoms with Crippen molar-refractivity contribution in [2.45, 2.75) is 26.0 Å². The van der Waals surface area contributed by atoms with Crippen LogP contribution in [0, 0.1) is 10.5 Å². The molecule has 1 rings (SSSR count). The first-order chi connectivity index (χ1) is 6.02. The van der Waals surface area contributed by atoms with Crippen molar-refractivity contribution in [2.24, 2.45) is 5.73 Å². The second kappa shape index (κ2) is 4.39. The van der Waals surface area contributed by atoms with E-state index in [1.807, 2.05) is 25.1 Å². The summed E-state index contributed by atoms with van der Waals surface area (Å²) >= 11 is 2.28. The van der Waals surface area contributed by atoms with Crippen LogP contribution in [0.5, 0.6) is 0 Å². The van der Waals surface area contributed by atoms with Crippen LogP contribution in [-0.2, 0) is 0 Å². The van der Waals surface area contributed by atoms with Gasteiger partial charge in [-0.3, -0.25) is 0 Å². The molecular weight excluding hydrogens is 277 g/mol. The topological polar surface area (TPSA) is 46.2 Å². The Morgan fingerprint density at radius 3 is 2.54 bits per heavy atom. The third kappa shape index (κ3) is 2.65. The van der Waals surface area contributed by atoms with E-state index in [0.29, 0.717) is 0 Å². The molecule has 0 spiro atoms. The maximum absolute atomic E-state index is 9.31. The van der Waals surface area contributed by atoms with E-state index in [1.54, 1.807) is 6.92 Å². The molecular formula is C10H14INO. The van der Waals surface area contributed by atoms with E-state index in [0.717, 1.165) is 5.56 Å². The number of benzene rings is 1. The molecule has 0 unspecified atom stereocenters. The lowest BCUT2D eigenvalue weighted by atomic mass is 10.0. The summed E-state index contributed by atoms with van der Waals surface area (Å²) < 4.78 is 1.22. The minimum atomic E-state index is -0.500. The Labute approximate surface area is 92.3 Å². The van der Waals surface area contributed by atoms with Crippen LogP contribution in [0.15, 0.2) is 18.2 Å². The van der Waals surface area contributed by atoms with Gasteiger partial charge in [0, 0.05) is 3.57 Å². The van der Waals surface area contributed by atoms with Gasteiger partial charge in [-0.15, -0.1) is 0 Å². The Kier molecular flexibility index (Phi) is 3.70. The van der Waals surface area contributed by atoms with Gasteiger partial charge in [-0.1, -0.05) is 12.1 Å². The number of halogens is 1. The van der Waals surface area contributed by atoms with Crippen LogP contribution in [-0.4, -0.2) is 11.2 Å². The molecule has 0 saturated carbocycles. The third-order valence-corrected chi connectivity index (χ3v) is 3.30. The molecule has 0 aliphatic heterocycles. The molecule has 2 atom stereocenters. The van der Waals surface area contributed by atoms with Crippen LogP contribution in [0.2, 0.25) is 0 Å². The van der Waals surface area contributed by atoms with Crippen molar-refractivity contribution in [3.05, 3.63) is 32.9 Å². The van der Waals surface area contributed by atoms with Crippen LogP contribution in [0.3, 0.4) is 0 Å². The van der Waals surface area contributed by atoms with Crippen molar-refractivity contribution < 1.29 is 5.11 Å². The summed E-state index contributed by atoms with van der Waals surface area (Å²) in [5.41, 5.74) is 8.00. The molecule has 0 aliphatic rings. The number of aliphatic hydroxyl groups is 1. The molecule has 0 saturated heterocycles. The van der Waals surface area contributed by atoms with E-state index in [9.17, 15) is 5.11 Å². The number of hydrogen-bond acceptors (Lipinski definition) is 2. The van der Waals surface area contributed by atoms with Gasteiger partial charge in [-0.05, 0) is 53.6 Å².